The molecule has 1 amide bonds. The van der Waals surface area contributed by atoms with E-state index < -0.39 is 0 Å². The molecule has 0 aliphatic rings. The summed E-state index contributed by atoms with van der Waals surface area (Å²) in [6.07, 6.45) is 0.391. The lowest BCUT2D eigenvalue weighted by molar-refractivity contribution is -0.118. The van der Waals surface area contributed by atoms with Gasteiger partial charge in [0.25, 0.3) is 0 Å². The van der Waals surface area contributed by atoms with E-state index in [2.05, 4.69) is 0 Å². The molecule has 0 fully saturated rings. The van der Waals surface area contributed by atoms with Crippen LogP contribution in [0, 0.1) is 6.92 Å². The van der Waals surface area contributed by atoms with Crippen LogP contribution in [0.15, 0.2) is 24.3 Å². The molecule has 17 heavy (non-hydrogen) atoms. The van der Waals surface area contributed by atoms with Crippen molar-refractivity contribution < 1.29 is 4.79 Å². The van der Waals surface area contributed by atoms with Crippen molar-refractivity contribution >= 4 is 24.0 Å². The summed E-state index contributed by atoms with van der Waals surface area (Å²) in [5.41, 5.74) is 7.76. The number of amides is 1. The molecule has 0 bridgehead atoms. The minimum Gasteiger partial charge on any atom is -0.327 e. The lowest BCUT2D eigenvalue weighted by Crippen LogP contribution is -2.34. The van der Waals surface area contributed by atoms with E-state index >= 15 is 0 Å². The van der Waals surface area contributed by atoms with Crippen LogP contribution in [0.25, 0.3) is 0 Å². The molecule has 96 valence electrons. The van der Waals surface area contributed by atoms with E-state index in [4.69, 9.17) is 5.73 Å². The van der Waals surface area contributed by atoms with Crippen LogP contribution >= 0.6 is 12.4 Å². The maximum atomic E-state index is 11.9. The molecule has 1 unspecified atom stereocenters. The van der Waals surface area contributed by atoms with Gasteiger partial charge in [0.05, 0.1) is 0 Å². The van der Waals surface area contributed by atoms with Crippen molar-refractivity contribution in [3.05, 3.63) is 29.8 Å². The average Bonchev–Trinajstić information content (AvgIpc) is 2.17. The highest BCUT2D eigenvalue weighted by Crippen LogP contribution is 2.16. The number of hydrogen-bond acceptors (Lipinski definition) is 2. The second-order valence-corrected chi connectivity index (χ2v) is 4.16. The summed E-state index contributed by atoms with van der Waals surface area (Å²) in [6, 6.07) is 7.87. The summed E-state index contributed by atoms with van der Waals surface area (Å²) in [6.45, 7) is 6.52. The van der Waals surface area contributed by atoms with Gasteiger partial charge < -0.3 is 10.6 Å². The van der Waals surface area contributed by atoms with Gasteiger partial charge in [-0.15, -0.1) is 12.4 Å². The molecule has 0 heterocycles. The van der Waals surface area contributed by atoms with Crippen molar-refractivity contribution in [3.63, 3.8) is 0 Å². The summed E-state index contributed by atoms with van der Waals surface area (Å²) in [5, 5.41) is 0. The standard InChI is InChI=1S/C13H20N2O.ClH/c1-4-15(13(16)9-11(3)14)12-7-5-6-10(2)8-12;/h5-8,11H,4,9,14H2,1-3H3;1H. The van der Waals surface area contributed by atoms with Gasteiger partial charge >= 0.3 is 0 Å². The predicted molar refractivity (Wildman–Crippen MR) is 74.7 cm³/mol. The van der Waals surface area contributed by atoms with Gasteiger partial charge in [0.2, 0.25) is 5.91 Å². The van der Waals surface area contributed by atoms with Crippen LogP contribution in [0.3, 0.4) is 0 Å². The first-order chi connectivity index (χ1) is 7.54. The zero-order valence-corrected chi connectivity index (χ0v) is 11.5. The molecule has 0 aliphatic heterocycles. The molecule has 0 saturated heterocycles. The fraction of sp³-hybridized carbons (Fsp3) is 0.462. The summed E-state index contributed by atoms with van der Waals surface area (Å²) in [5.74, 6) is 0.0862. The molecule has 0 aliphatic carbocycles. The topological polar surface area (TPSA) is 46.3 Å². The highest BCUT2D eigenvalue weighted by molar-refractivity contribution is 5.93. The highest BCUT2D eigenvalue weighted by Gasteiger charge is 2.14. The number of halogens is 1. The fourth-order valence-corrected chi connectivity index (χ4v) is 1.68. The lowest BCUT2D eigenvalue weighted by Gasteiger charge is -2.22. The molecule has 1 aromatic rings. The lowest BCUT2D eigenvalue weighted by atomic mass is 10.1. The molecule has 0 spiro atoms. The second-order valence-electron chi connectivity index (χ2n) is 4.16. The molecule has 1 aromatic carbocycles. The zero-order valence-electron chi connectivity index (χ0n) is 10.6. The second kappa shape index (κ2) is 7.30. The summed E-state index contributed by atoms with van der Waals surface area (Å²) < 4.78 is 0. The van der Waals surface area contributed by atoms with Gasteiger partial charge in [-0.3, -0.25) is 4.79 Å². The molecular weight excluding hydrogens is 236 g/mol. The number of nitrogens with zero attached hydrogens (tertiary/aromatic N) is 1. The SMILES string of the molecule is CCN(C(=O)CC(C)N)c1cccc(C)c1.Cl. The van der Waals surface area contributed by atoms with Gasteiger partial charge in [-0.25, -0.2) is 0 Å². The minimum absolute atomic E-state index is 0. The molecule has 1 rings (SSSR count). The third-order valence-corrected chi connectivity index (χ3v) is 2.43. The van der Waals surface area contributed by atoms with E-state index in [1.807, 2.05) is 45.0 Å². The number of carbonyl (C=O) groups excluding carboxylic acids is 1. The van der Waals surface area contributed by atoms with Crippen LogP contribution in [0.4, 0.5) is 5.69 Å². The van der Waals surface area contributed by atoms with Gasteiger partial charge in [-0.2, -0.15) is 0 Å². The highest BCUT2D eigenvalue weighted by atomic mass is 35.5. The molecule has 3 nitrogen and oxygen atoms in total. The van der Waals surface area contributed by atoms with Crippen molar-refractivity contribution in [2.75, 3.05) is 11.4 Å². The number of hydrogen-bond donors (Lipinski definition) is 1. The van der Waals surface area contributed by atoms with Crippen molar-refractivity contribution in [2.45, 2.75) is 33.2 Å². The van der Waals surface area contributed by atoms with Crippen LogP contribution in [0.1, 0.15) is 25.8 Å². The van der Waals surface area contributed by atoms with E-state index in [-0.39, 0.29) is 24.4 Å². The third-order valence-electron chi connectivity index (χ3n) is 2.43. The van der Waals surface area contributed by atoms with Crippen molar-refractivity contribution in [2.24, 2.45) is 5.73 Å². The minimum atomic E-state index is -0.0913. The number of benzene rings is 1. The van der Waals surface area contributed by atoms with Gasteiger partial charge in [0.15, 0.2) is 0 Å². The fourth-order valence-electron chi connectivity index (χ4n) is 1.68. The summed E-state index contributed by atoms with van der Waals surface area (Å²) in [7, 11) is 0. The van der Waals surface area contributed by atoms with Crippen LogP contribution in [0.5, 0.6) is 0 Å². The molecule has 4 heteroatoms. The first kappa shape index (κ1) is 15.9. The van der Waals surface area contributed by atoms with E-state index in [0.717, 1.165) is 11.3 Å². The Balaban J connectivity index is 0.00000256. The van der Waals surface area contributed by atoms with Crippen molar-refractivity contribution in [1.29, 1.82) is 0 Å². The number of carbonyl (C=O) groups is 1. The Morgan fingerprint density at radius 1 is 1.47 bits per heavy atom. The van der Waals surface area contributed by atoms with Crippen LogP contribution in [0.2, 0.25) is 0 Å². The Morgan fingerprint density at radius 2 is 2.12 bits per heavy atom. The Hall–Kier alpha value is -1.06. The largest absolute Gasteiger partial charge is 0.327 e. The predicted octanol–water partition coefficient (Wildman–Crippen LogP) is 2.51. The average molecular weight is 257 g/mol. The van der Waals surface area contributed by atoms with Gasteiger partial charge in [0, 0.05) is 24.7 Å². The molecular formula is C13H21ClN2O. The molecule has 0 saturated carbocycles. The van der Waals surface area contributed by atoms with E-state index in [1.54, 1.807) is 4.90 Å². The quantitative estimate of drug-likeness (QED) is 0.900. The van der Waals surface area contributed by atoms with Crippen molar-refractivity contribution in [3.8, 4) is 0 Å². The third kappa shape index (κ3) is 4.75. The van der Waals surface area contributed by atoms with Gasteiger partial charge in [0.1, 0.15) is 0 Å². The van der Waals surface area contributed by atoms with Crippen LogP contribution in [-0.4, -0.2) is 18.5 Å². The zero-order chi connectivity index (χ0) is 12.1. The smallest absolute Gasteiger partial charge is 0.228 e. The first-order valence-corrected chi connectivity index (χ1v) is 5.67. The maximum Gasteiger partial charge on any atom is 0.228 e. The molecule has 2 N–H and O–H groups in total. The van der Waals surface area contributed by atoms with E-state index in [0.29, 0.717) is 13.0 Å². The Labute approximate surface area is 109 Å². The Morgan fingerprint density at radius 3 is 2.59 bits per heavy atom. The monoisotopic (exact) mass is 256 g/mol. The number of anilines is 1. The molecule has 0 radical (unpaired) electrons. The first-order valence-electron chi connectivity index (χ1n) is 5.67. The Kier molecular flexibility index (Phi) is 6.85. The van der Waals surface area contributed by atoms with Gasteiger partial charge in [-0.1, -0.05) is 12.1 Å². The Bertz CT molecular complexity index is 366. The van der Waals surface area contributed by atoms with Crippen LogP contribution < -0.4 is 10.6 Å². The number of nitrogens with two attached hydrogens (primary N) is 1. The summed E-state index contributed by atoms with van der Waals surface area (Å²) >= 11 is 0. The maximum absolute atomic E-state index is 11.9. The number of aryl methyl sites for hydroxylation is 1. The van der Waals surface area contributed by atoms with Crippen molar-refractivity contribution in [1.82, 2.24) is 0 Å². The molecule has 1 atom stereocenters. The number of rotatable bonds is 4. The summed E-state index contributed by atoms with van der Waals surface area (Å²) in [4.78, 5) is 13.7. The van der Waals surface area contributed by atoms with E-state index in [1.165, 1.54) is 0 Å². The normalized spacial score (nSPS) is 11.5. The van der Waals surface area contributed by atoms with Gasteiger partial charge in [-0.05, 0) is 38.5 Å². The van der Waals surface area contributed by atoms with E-state index in [9.17, 15) is 4.79 Å². The van der Waals surface area contributed by atoms with Crippen LogP contribution in [-0.2, 0) is 4.79 Å². The molecule has 0 aromatic heterocycles.